The third-order valence-electron chi connectivity index (χ3n) is 4.44. The number of pyridine rings is 1. The molecular weight excluding hydrogens is 364 g/mol. The van der Waals surface area contributed by atoms with Crippen LogP contribution in [-0.2, 0) is 13.6 Å². The first-order valence-electron chi connectivity index (χ1n) is 9.24. The lowest BCUT2D eigenvalue weighted by Crippen LogP contribution is -2.23. The summed E-state index contributed by atoms with van der Waals surface area (Å²) in [5.74, 6) is 0.974. The molecular formula is C23H20N4O2. The number of hydrogen-bond donors (Lipinski definition) is 1. The molecule has 2 aromatic carbocycles. The van der Waals surface area contributed by atoms with Gasteiger partial charge in [-0.2, -0.15) is 5.10 Å². The lowest BCUT2D eigenvalue weighted by atomic mass is 10.1. The third-order valence-corrected chi connectivity index (χ3v) is 4.44. The van der Waals surface area contributed by atoms with Crippen LogP contribution < -0.4 is 10.1 Å². The molecule has 1 N–H and O–H groups in total. The van der Waals surface area contributed by atoms with Crippen LogP contribution >= 0.6 is 0 Å². The van der Waals surface area contributed by atoms with Crippen molar-refractivity contribution in [3.63, 3.8) is 0 Å². The molecule has 144 valence electrons. The van der Waals surface area contributed by atoms with Crippen molar-refractivity contribution in [2.45, 2.75) is 6.54 Å². The van der Waals surface area contributed by atoms with Gasteiger partial charge in [-0.15, -0.1) is 0 Å². The maximum Gasteiger partial charge on any atom is 0.255 e. The summed E-state index contributed by atoms with van der Waals surface area (Å²) < 4.78 is 7.67. The van der Waals surface area contributed by atoms with Gasteiger partial charge in [0.15, 0.2) is 0 Å². The van der Waals surface area contributed by atoms with Crippen LogP contribution in [-0.4, -0.2) is 20.7 Å². The van der Waals surface area contributed by atoms with E-state index in [1.165, 1.54) is 0 Å². The van der Waals surface area contributed by atoms with Crippen molar-refractivity contribution in [2.75, 3.05) is 0 Å². The smallest absolute Gasteiger partial charge is 0.255 e. The number of nitrogens with one attached hydrogen (secondary N) is 1. The van der Waals surface area contributed by atoms with Crippen LogP contribution in [0.2, 0.25) is 0 Å². The maximum atomic E-state index is 12.8. The molecule has 1 amide bonds. The summed E-state index contributed by atoms with van der Waals surface area (Å²) in [7, 11) is 1.88. The van der Waals surface area contributed by atoms with Crippen LogP contribution in [0.25, 0.3) is 11.3 Å². The second-order valence-electron chi connectivity index (χ2n) is 6.47. The quantitative estimate of drug-likeness (QED) is 0.541. The number of carbonyl (C=O) groups is 1. The molecule has 29 heavy (non-hydrogen) atoms. The summed E-state index contributed by atoms with van der Waals surface area (Å²) in [5, 5.41) is 7.42. The number of aryl methyl sites for hydroxylation is 1. The molecule has 0 saturated carbocycles. The number of carbonyl (C=O) groups excluding carboxylic acids is 1. The summed E-state index contributed by atoms with van der Waals surface area (Å²) in [6, 6.07) is 22.4. The van der Waals surface area contributed by atoms with E-state index in [4.69, 9.17) is 4.74 Å². The Balaban J connectivity index is 1.47. The highest BCUT2D eigenvalue weighted by Gasteiger charge is 2.14. The Kier molecular flexibility index (Phi) is 5.33. The Bertz CT molecular complexity index is 1110. The van der Waals surface area contributed by atoms with Gasteiger partial charge in [0.25, 0.3) is 5.91 Å². The van der Waals surface area contributed by atoms with Gasteiger partial charge in [-0.25, -0.2) is 0 Å². The van der Waals surface area contributed by atoms with E-state index in [9.17, 15) is 4.79 Å². The number of amides is 1. The van der Waals surface area contributed by atoms with E-state index in [1.54, 1.807) is 29.2 Å². The second kappa shape index (κ2) is 8.39. The van der Waals surface area contributed by atoms with E-state index in [0.717, 1.165) is 17.0 Å². The SMILES string of the molecule is Cn1nc(CNC(=O)c2ccccc2Oc2ccccc2)cc1-c1ccncc1. The standard InChI is InChI=1S/C23H20N4O2/c1-27-21(17-11-13-24-14-12-17)15-18(26-27)16-25-23(28)20-9-5-6-10-22(20)29-19-7-3-2-4-8-19/h2-15H,16H2,1H3,(H,25,28). The Morgan fingerprint density at radius 2 is 1.72 bits per heavy atom. The summed E-state index contributed by atoms with van der Waals surface area (Å²) in [5.41, 5.74) is 3.23. The molecule has 6 nitrogen and oxygen atoms in total. The topological polar surface area (TPSA) is 69.0 Å². The van der Waals surface area contributed by atoms with Gasteiger partial charge in [-0.05, 0) is 42.5 Å². The van der Waals surface area contributed by atoms with Crippen LogP contribution in [0.15, 0.2) is 85.2 Å². The zero-order valence-electron chi connectivity index (χ0n) is 15.9. The highest BCUT2D eigenvalue weighted by Crippen LogP contribution is 2.25. The highest BCUT2D eigenvalue weighted by molar-refractivity contribution is 5.97. The molecule has 0 spiro atoms. The van der Waals surface area contributed by atoms with Crippen LogP contribution in [0.3, 0.4) is 0 Å². The number of aromatic nitrogens is 3. The molecule has 0 aliphatic heterocycles. The lowest BCUT2D eigenvalue weighted by molar-refractivity contribution is 0.0948. The zero-order chi connectivity index (χ0) is 20.1. The maximum absolute atomic E-state index is 12.8. The lowest BCUT2D eigenvalue weighted by Gasteiger charge is -2.11. The molecule has 0 aliphatic rings. The van der Waals surface area contributed by atoms with E-state index in [2.05, 4.69) is 15.4 Å². The van der Waals surface area contributed by atoms with Gasteiger partial charge in [-0.3, -0.25) is 14.5 Å². The number of ether oxygens (including phenoxy) is 1. The Labute approximate surface area is 168 Å². The molecule has 0 saturated heterocycles. The molecule has 6 heteroatoms. The molecule has 0 unspecified atom stereocenters. The fourth-order valence-electron chi connectivity index (χ4n) is 3.03. The minimum absolute atomic E-state index is 0.215. The van der Waals surface area contributed by atoms with Gasteiger partial charge in [0.2, 0.25) is 0 Å². The Morgan fingerprint density at radius 3 is 2.52 bits per heavy atom. The van der Waals surface area contributed by atoms with Crippen molar-refractivity contribution in [2.24, 2.45) is 7.05 Å². The highest BCUT2D eigenvalue weighted by atomic mass is 16.5. The minimum Gasteiger partial charge on any atom is -0.457 e. The molecule has 2 heterocycles. The van der Waals surface area contributed by atoms with Crippen LogP contribution in [0.5, 0.6) is 11.5 Å². The number of hydrogen-bond acceptors (Lipinski definition) is 4. The first-order chi connectivity index (χ1) is 14.2. The third kappa shape index (κ3) is 4.32. The van der Waals surface area contributed by atoms with Crippen molar-refractivity contribution in [1.82, 2.24) is 20.1 Å². The first-order valence-corrected chi connectivity index (χ1v) is 9.24. The van der Waals surface area contributed by atoms with E-state index < -0.39 is 0 Å². The molecule has 4 aromatic rings. The number of nitrogens with zero attached hydrogens (tertiary/aromatic N) is 3. The summed E-state index contributed by atoms with van der Waals surface area (Å²) >= 11 is 0. The Morgan fingerprint density at radius 1 is 1.00 bits per heavy atom. The van der Waals surface area contributed by atoms with Crippen LogP contribution in [0.4, 0.5) is 0 Å². The minimum atomic E-state index is -0.215. The van der Waals surface area contributed by atoms with E-state index in [-0.39, 0.29) is 5.91 Å². The van der Waals surface area contributed by atoms with Crippen molar-refractivity contribution in [3.8, 4) is 22.8 Å². The summed E-state index contributed by atoms with van der Waals surface area (Å²) in [6.45, 7) is 0.317. The average molecular weight is 384 g/mol. The molecule has 0 fully saturated rings. The fraction of sp³-hybridized carbons (Fsp3) is 0.0870. The zero-order valence-corrected chi connectivity index (χ0v) is 15.9. The van der Waals surface area contributed by atoms with Gasteiger partial charge >= 0.3 is 0 Å². The molecule has 4 rings (SSSR count). The van der Waals surface area contributed by atoms with Gasteiger partial charge in [0.05, 0.1) is 23.5 Å². The normalized spacial score (nSPS) is 10.5. The van der Waals surface area contributed by atoms with Crippen LogP contribution in [0, 0.1) is 0 Å². The molecule has 2 aromatic heterocycles. The van der Waals surface area contributed by atoms with Crippen LogP contribution in [0.1, 0.15) is 16.1 Å². The van der Waals surface area contributed by atoms with Gasteiger partial charge < -0.3 is 10.1 Å². The van der Waals surface area contributed by atoms with E-state index >= 15 is 0 Å². The van der Waals surface area contributed by atoms with Crippen molar-refractivity contribution in [3.05, 3.63) is 96.4 Å². The van der Waals surface area contributed by atoms with Crippen molar-refractivity contribution >= 4 is 5.91 Å². The first kappa shape index (κ1) is 18.4. The average Bonchev–Trinajstić information content (AvgIpc) is 3.14. The number of para-hydroxylation sites is 2. The molecule has 0 bridgehead atoms. The molecule has 0 atom stereocenters. The largest absolute Gasteiger partial charge is 0.457 e. The van der Waals surface area contributed by atoms with Crippen molar-refractivity contribution in [1.29, 1.82) is 0 Å². The summed E-state index contributed by atoms with van der Waals surface area (Å²) in [4.78, 5) is 16.8. The van der Waals surface area contributed by atoms with E-state index in [0.29, 0.717) is 23.6 Å². The van der Waals surface area contributed by atoms with Gasteiger partial charge in [-0.1, -0.05) is 30.3 Å². The molecule has 0 radical (unpaired) electrons. The fourth-order valence-corrected chi connectivity index (χ4v) is 3.03. The molecule has 0 aliphatic carbocycles. The predicted octanol–water partition coefficient (Wildman–Crippen LogP) is 4.20. The summed E-state index contributed by atoms with van der Waals surface area (Å²) in [6.07, 6.45) is 3.49. The van der Waals surface area contributed by atoms with Gasteiger partial charge in [0.1, 0.15) is 11.5 Å². The number of rotatable bonds is 6. The second-order valence-corrected chi connectivity index (χ2v) is 6.47. The van der Waals surface area contributed by atoms with Gasteiger partial charge in [0, 0.05) is 25.0 Å². The Hall–Kier alpha value is -3.93. The monoisotopic (exact) mass is 384 g/mol. The predicted molar refractivity (Wildman–Crippen MR) is 111 cm³/mol. The number of benzene rings is 2. The van der Waals surface area contributed by atoms with E-state index in [1.807, 2.05) is 67.7 Å². The van der Waals surface area contributed by atoms with Crippen molar-refractivity contribution < 1.29 is 9.53 Å².